The Labute approximate surface area is 158 Å². The zero-order chi connectivity index (χ0) is 19.4. The lowest BCUT2D eigenvalue weighted by Gasteiger charge is -2.26. The molecular weight excluding hydrogens is 340 g/mol. The highest BCUT2D eigenvalue weighted by molar-refractivity contribution is 5.97. The summed E-state index contributed by atoms with van der Waals surface area (Å²) in [4.78, 5) is 24.8. The quantitative estimate of drug-likeness (QED) is 0.428. The van der Waals surface area contributed by atoms with Gasteiger partial charge in [0.05, 0.1) is 11.5 Å². The van der Waals surface area contributed by atoms with Gasteiger partial charge >= 0.3 is 0 Å². The van der Waals surface area contributed by atoms with E-state index >= 15 is 0 Å². The molecule has 0 atom stereocenters. The van der Waals surface area contributed by atoms with Crippen molar-refractivity contribution in [2.75, 3.05) is 6.54 Å². The molecule has 1 aliphatic rings. The third-order valence-corrected chi connectivity index (χ3v) is 4.46. The Morgan fingerprint density at radius 3 is 2.37 bits per heavy atom. The third kappa shape index (κ3) is 4.39. The molecule has 1 aliphatic heterocycles. The predicted octanol–water partition coefficient (Wildman–Crippen LogP) is 4.98. The molecule has 0 spiro atoms. The maximum absolute atomic E-state index is 12.5. The highest BCUT2D eigenvalue weighted by Gasteiger charge is 2.16. The molecule has 5 nitrogen and oxygen atoms in total. The molecule has 0 bridgehead atoms. The topological polar surface area (TPSA) is 63.5 Å². The standard InChI is InChI=1S/C22H20N2O3/c1-16-14-23(15-22(25)19-6-4-3-5-7-19)17(2)12-20(16)13-18-8-10-21(11-9-18)24(26)27/h3-14H,15H2,1-2H3/b20-13-. The maximum Gasteiger partial charge on any atom is 0.269 e. The number of allylic oxidation sites excluding steroid dienone is 4. The van der Waals surface area contributed by atoms with Gasteiger partial charge in [-0.1, -0.05) is 30.3 Å². The van der Waals surface area contributed by atoms with Crippen molar-refractivity contribution in [3.63, 3.8) is 0 Å². The van der Waals surface area contributed by atoms with Gasteiger partial charge in [0.2, 0.25) is 0 Å². The zero-order valence-corrected chi connectivity index (χ0v) is 15.3. The van der Waals surface area contributed by atoms with Crippen LogP contribution in [0, 0.1) is 10.1 Å². The van der Waals surface area contributed by atoms with Gasteiger partial charge in [0.25, 0.3) is 5.69 Å². The van der Waals surface area contributed by atoms with Crippen molar-refractivity contribution >= 4 is 17.5 Å². The molecule has 5 heteroatoms. The molecule has 3 rings (SSSR count). The van der Waals surface area contributed by atoms with E-state index < -0.39 is 4.92 Å². The first-order chi connectivity index (χ1) is 12.9. The van der Waals surface area contributed by atoms with Crippen LogP contribution in [0.5, 0.6) is 0 Å². The monoisotopic (exact) mass is 360 g/mol. The molecule has 2 aromatic rings. The number of nitro groups is 1. The van der Waals surface area contributed by atoms with Crippen LogP contribution in [0.2, 0.25) is 0 Å². The molecule has 0 aliphatic carbocycles. The highest BCUT2D eigenvalue weighted by Crippen LogP contribution is 2.26. The van der Waals surface area contributed by atoms with Gasteiger partial charge in [-0.05, 0) is 54.8 Å². The van der Waals surface area contributed by atoms with Crippen LogP contribution in [0.15, 0.2) is 83.7 Å². The fourth-order valence-corrected chi connectivity index (χ4v) is 2.90. The van der Waals surface area contributed by atoms with E-state index in [2.05, 4.69) is 0 Å². The highest BCUT2D eigenvalue weighted by atomic mass is 16.6. The number of ketones is 1. The van der Waals surface area contributed by atoms with Crippen LogP contribution in [0.25, 0.3) is 6.08 Å². The minimum atomic E-state index is -0.408. The first-order valence-electron chi connectivity index (χ1n) is 8.62. The van der Waals surface area contributed by atoms with Gasteiger partial charge in [0.15, 0.2) is 5.78 Å². The van der Waals surface area contributed by atoms with Crippen LogP contribution in [0.3, 0.4) is 0 Å². The zero-order valence-electron chi connectivity index (χ0n) is 15.3. The van der Waals surface area contributed by atoms with Gasteiger partial charge in [-0.2, -0.15) is 0 Å². The molecule has 0 unspecified atom stereocenters. The van der Waals surface area contributed by atoms with Crippen LogP contribution in [0.4, 0.5) is 5.69 Å². The third-order valence-electron chi connectivity index (χ3n) is 4.46. The number of Topliss-reactive ketones (excluding diaryl/α,β-unsaturated/α-hetero) is 1. The maximum atomic E-state index is 12.5. The van der Waals surface area contributed by atoms with Gasteiger partial charge in [-0.3, -0.25) is 14.9 Å². The molecule has 27 heavy (non-hydrogen) atoms. The number of non-ortho nitro benzene ring substituents is 1. The van der Waals surface area contributed by atoms with Gasteiger partial charge in [-0.15, -0.1) is 0 Å². The first kappa shape index (κ1) is 18.3. The lowest BCUT2D eigenvalue weighted by atomic mass is 10.00. The smallest absolute Gasteiger partial charge is 0.269 e. The van der Waals surface area contributed by atoms with Gasteiger partial charge in [0.1, 0.15) is 0 Å². The lowest BCUT2D eigenvalue weighted by Crippen LogP contribution is -2.26. The van der Waals surface area contributed by atoms with Crippen molar-refractivity contribution < 1.29 is 9.72 Å². The molecule has 0 saturated carbocycles. The molecule has 0 N–H and O–H groups in total. The van der Waals surface area contributed by atoms with Crippen LogP contribution in [0.1, 0.15) is 29.8 Å². The second-order valence-corrected chi connectivity index (χ2v) is 6.46. The molecule has 1 heterocycles. The van der Waals surface area contributed by atoms with Gasteiger partial charge < -0.3 is 4.90 Å². The largest absolute Gasteiger partial charge is 0.344 e. The van der Waals surface area contributed by atoms with E-state index in [0.29, 0.717) is 5.56 Å². The fraction of sp³-hybridized carbons (Fsp3) is 0.136. The summed E-state index contributed by atoms with van der Waals surface area (Å²) < 4.78 is 0. The minimum Gasteiger partial charge on any atom is -0.344 e. The van der Waals surface area contributed by atoms with Crippen LogP contribution in [-0.4, -0.2) is 22.2 Å². The molecule has 0 saturated heterocycles. The first-order valence-corrected chi connectivity index (χ1v) is 8.62. The Kier molecular flexibility index (Phi) is 5.31. The molecule has 0 fully saturated rings. The molecule has 0 aromatic heterocycles. The van der Waals surface area contributed by atoms with Crippen molar-refractivity contribution in [2.45, 2.75) is 13.8 Å². The summed E-state index contributed by atoms with van der Waals surface area (Å²) >= 11 is 0. The SMILES string of the molecule is CC1=CN(CC(=O)c2ccccc2)C(C)=C/C1=C/c1ccc([N+](=O)[O-])cc1. The molecular formula is C22H20N2O3. The number of nitrogens with zero attached hydrogens (tertiary/aromatic N) is 2. The van der Waals surface area contributed by atoms with E-state index in [-0.39, 0.29) is 18.0 Å². The summed E-state index contributed by atoms with van der Waals surface area (Å²) in [6, 6.07) is 15.7. The number of rotatable bonds is 5. The van der Waals surface area contributed by atoms with E-state index in [1.54, 1.807) is 12.1 Å². The van der Waals surface area contributed by atoms with Crippen LogP contribution in [-0.2, 0) is 0 Å². The molecule has 0 radical (unpaired) electrons. The predicted molar refractivity (Wildman–Crippen MR) is 106 cm³/mol. The number of hydrogen-bond acceptors (Lipinski definition) is 4. The Bertz CT molecular complexity index is 955. The molecule has 136 valence electrons. The normalized spacial score (nSPS) is 15.3. The fourth-order valence-electron chi connectivity index (χ4n) is 2.90. The van der Waals surface area contributed by atoms with Crippen molar-refractivity contribution in [1.82, 2.24) is 4.90 Å². The Hall–Kier alpha value is -3.47. The van der Waals surface area contributed by atoms with Gasteiger partial charge in [0, 0.05) is 29.6 Å². The Balaban J connectivity index is 1.77. The Morgan fingerprint density at radius 2 is 1.74 bits per heavy atom. The van der Waals surface area contributed by atoms with E-state index in [0.717, 1.165) is 22.4 Å². The van der Waals surface area contributed by atoms with Crippen LogP contribution < -0.4 is 0 Å². The second-order valence-electron chi connectivity index (χ2n) is 6.46. The van der Waals surface area contributed by atoms with E-state index in [1.165, 1.54) is 12.1 Å². The molecule has 0 amide bonds. The summed E-state index contributed by atoms with van der Waals surface area (Å²) in [7, 11) is 0. The van der Waals surface area contributed by atoms with E-state index in [1.807, 2.05) is 67.4 Å². The summed E-state index contributed by atoms with van der Waals surface area (Å²) in [5.74, 6) is 0.0650. The van der Waals surface area contributed by atoms with Crippen LogP contribution >= 0.6 is 0 Å². The van der Waals surface area contributed by atoms with Crippen molar-refractivity contribution in [2.24, 2.45) is 0 Å². The Morgan fingerprint density at radius 1 is 1.07 bits per heavy atom. The molecule has 2 aromatic carbocycles. The summed E-state index contributed by atoms with van der Waals surface area (Å²) in [6.07, 6.45) is 5.97. The number of carbonyl (C=O) groups is 1. The summed E-state index contributed by atoms with van der Waals surface area (Å²) in [6.45, 7) is 4.24. The second kappa shape index (κ2) is 7.83. The number of benzene rings is 2. The van der Waals surface area contributed by atoms with Crippen molar-refractivity contribution in [3.8, 4) is 0 Å². The van der Waals surface area contributed by atoms with E-state index in [4.69, 9.17) is 0 Å². The summed E-state index contributed by atoms with van der Waals surface area (Å²) in [5, 5.41) is 10.8. The number of hydrogen-bond donors (Lipinski definition) is 0. The van der Waals surface area contributed by atoms with Crippen molar-refractivity contribution in [3.05, 3.63) is 105 Å². The number of carbonyl (C=O) groups excluding carboxylic acids is 1. The van der Waals surface area contributed by atoms with Crippen molar-refractivity contribution in [1.29, 1.82) is 0 Å². The van der Waals surface area contributed by atoms with E-state index in [9.17, 15) is 14.9 Å². The van der Waals surface area contributed by atoms with Gasteiger partial charge in [-0.25, -0.2) is 0 Å². The number of nitro benzene ring substituents is 1. The summed E-state index contributed by atoms with van der Waals surface area (Å²) in [5.41, 5.74) is 4.68. The average Bonchev–Trinajstić information content (AvgIpc) is 2.67. The lowest BCUT2D eigenvalue weighted by molar-refractivity contribution is -0.384. The average molecular weight is 360 g/mol. The minimum absolute atomic E-state index is 0.0650.